The summed E-state index contributed by atoms with van der Waals surface area (Å²) in [7, 11) is 1.61. The fraction of sp³-hybridized carbons (Fsp3) is 0.348. The molecule has 30 heavy (non-hydrogen) atoms. The third-order valence-corrected chi connectivity index (χ3v) is 5.84. The number of carbonyl (C=O) groups excluding carboxylic acids is 2. The number of amides is 2. The van der Waals surface area contributed by atoms with E-state index < -0.39 is 5.92 Å². The highest BCUT2D eigenvalue weighted by molar-refractivity contribution is 6.01. The largest absolute Gasteiger partial charge is 0.497 e. The zero-order valence-corrected chi connectivity index (χ0v) is 16.9. The van der Waals surface area contributed by atoms with Crippen LogP contribution in [0.1, 0.15) is 29.5 Å². The number of hydrogen-bond acceptors (Lipinski definition) is 5. The fourth-order valence-electron chi connectivity index (χ4n) is 4.21. The maximum atomic E-state index is 13.2. The van der Waals surface area contributed by atoms with Gasteiger partial charge in [0.05, 0.1) is 19.1 Å². The second-order valence-electron chi connectivity index (χ2n) is 7.56. The standard InChI is InChI=1S/C23H24N4O3/c1-30-17-8-6-16(7-9-17)21(15-24)26-10-12-27(13-11-26)23(29)19-14-22(28)25-20-5-3-2-4-18(19)20/h2-9,19,21H,10-14H2,1H3,(H,25,28). The SMILES string of the molecule is COc1ccc(C(C#N)N2CCN(C(=O)C3CC(=O)Nc4ccccc43)CC2)cc1. The van der Waals surface area contributed by atoms with Gasteiger partial charge in [-0.15, -0.1) is 0 Å². The highest BCUT2D eigenvalue weighted by atomic mass is 16.5. The van der Waals surface area contributed by atoms with Gasteiger partial charge in [-0.2, -0.15) is 5.26 Å². The molecule has 7 nitrogen and oxygen atoms in total. The third-order valence-electron chi connectivity index (χ3n) is 5.84. The summed E-state index contributed by atoms with van der Waals surface area (Å²) in [5.74, 6) is 0.155. The van der Waals surface area contributed by atoms with Crippen molar-refractivity contribution in [3.05, 3.63) is 59.7 Å². The van der Waals surface area contributed by atoms with Gasteiger partial charge < -0.3 is 15.0 Å². The van der Waals surface area contributed by atoms with Crippen LogP contribution in [0, 0.1) is 11.3 Å². The van der Waals surface area contributed by atoms with Crippen LogP contribution in [0.25, 0.3) is 0 Å². The van der Waals surface area contributed by atoms with Crippen molar-refractivity contribution in [3.8, 4) is 11.8 Å². The number of benzene rings is 2. The second kappa shape index (κ2) is 8.56. The Labute approximate surface area is 175 Å². The number of nitrogens with one attached hydrogen (secondary N) is 1. The predicted octanol–water partition coefficient (Wildman–Crippen LogP) is 2.53. The van der Waals surface area contributed by atoms with Crippen LogP contribution in [-0.2, 0) is 9.59 Å². The van der Waals surface area contributed by atoms with Crippen LogP contribution >= 0.6 is 0 Å². The topological polar surface area (TPSA) is 85.7 Å². The van der Waals surface area contributed by atoms with Crippen LogP contribution in [-0.4, -0.2) is 54.9 Å². The first kappa shape index (κ1) is 19.9. The van der Waals surface area contributed by atoms with Crippen molar-refractivity contribution in [2.75, 3.05) is 38.6 Å². The quantitative estimate of drug-likeness (QED) is 0.846. The number of nitriles is 1. The first-order chi connectivity index (χ1) is 14.6. The highest BCUT2D eigenvalue weighted by Crippen LogP contribution is 2.34. The summed E-state index contributed by atoms with van der Waals surface area (Å²) in [6, 6.07) is 17.0. The molecule has 2 unspecified atom stereocenters. The monoisotopic (exact) mass is 404 g/mol. The van der Waals surface area contributed by atoms with Crippen molar-refractivity contribution in [2.24, 2.45) is 0 Å². The maximum absolute atomic E-state index is 13.2. The van der Waals surface area contributed by atoms with E-state index in [1.165, 1.54) is 0 Å². The minimum atomic E-state index is -0.449. The number of ether oxygens (including phenoxy) is 1. The average Bonchev–Trinajstić information content (AvgIpc) is 2.79. The zero-order chi connectivity index (χ0) is 21.1. The summed E-state index contributed by atoms with van der Waals surface area (Å²) < 4.78 is 5.19. The minimum absolute atomic E-state index is 0.0186. The van der Waals surface area contributed by atoms with Gasteiger partial charge in [-0.1, -0.05) is 30.3 Å². The molecule has 0 radical (unpaired) electrons. The number of carbonyl (C=O) groups is 2. The molecule has 2 aromatic rings. The molecule has 2 heterocycles. The number of anilines is 1. The molecule has 4 rings (SSSR count). The Morgan fingerprint density at radius 1 is 1.13 bits per heavy atom. The number of fused-ring (bicyclic) bond motifs is 1. The van der Waals surface area contributed by atoms with E-state index in [1.807, 2.05) is 53.4 Å². The van der Waals surface area contributed by atoms with E-state index >= 15 is 0 Å². The molecule has 0 aromatic heterocycles. The van der Waals surface area contributed by atoms with Crippen LogP contribution in [0.4, 0.5) is 5.69 Å². The summed E-state index contributed by atoms with van der Waals surface area (Å²) in [6.45, 7) is 2.29. The Bertz CT molecular complexity index is 975. The molecule has 2 atom stereocenters. The molecule has 0 saturated carbocycles. The van der Waals surface area contributed by atoms with E-state index in [-0.39, 0.29) is 24.3 Å². The normalized spacial score (nSPS) is 19.9. The maximum Gasteiger partial charge on any atom is 0.230 e. The molecule has 2 aliphatic heterocycles. The highest BCUT2D eigenvalue weighted by Gasteiger charge is 2.35. The lowest BCUT2D eigenvalue weighted by Crippen LogP contribution is -2.51. The van der Waals surface area contributed by atoms with Crippen molar-refractivity contribution in [3.63, 3.8) is 0 Å². The number of para-hydroxylation sites is 1. The van der Waals surface area contributed by atoms with Gasteiger partial charge in [-0.25, -0.2) is 0 Å². The van der Waals surface area contributed by atoms with Crippen molar-refractivity contribution < 1.29 is 14.3 Å². The van der Waals surface area contributed by atoms with Gasteiger partial charge in [0.25, 0.3) is 0 Å². The van der Waals surface area contributed by atoms with Gasteiger partial charge in [0, 0.05) is 38.3 Å². The second-order valence-corrected chi connectivity index (χ2v) is 7.56. The summed E-state index contributed by atoms with van der Waals surface area (Å²) in [5.41, 5.74) is 2.50. The molecule has 154 valence electrons. The van der Waals surface area contributed by atoms with Crippen molar-refractivity contribution in [1.82, 2.24) is 9.80 Å². The summed E-state index contributed by atoms with van der Waals surface area (Å²) >= 11 is 0. The molecule has 1 saturated heterocycles. The molecule has 7 heteroatoms. The van der Waals surface area contributed by atoms with Crippen LogP contribution < -0.4 is 10.1 Å². The van der Waals surface area contributed by atoms with Crippen LogP contribution in [0.2, 0.25) is 0 Å². The number of piperazine rings is 1. The predicted molar refractivity (Wildman–Crippen MR) is 112 cm³/mol. The van der Waals surface area contributed by atoms with Gasteiger partial charge >= 0.3 is 0 Å². The van der Waals surface area contributed by atoms with E-state index in [4.69, 9.17) is 4.74 Å². The number of hydrogen-bond donors (Lipinski definition) is 1. The lowest BCUT2D eigenvalue weighted by atomic mass is 9.89. The minimum Gasteiger partial charge on any atom is -0.497 e. The molecule has 1 fully saturated rings. The lowest BCUT2D eigenvalue weighted by Gasteiger charge is -2.39. The summed E-state index contributed by atoms with van der Waals surface area (Å²) in [4.78, 5) is 29.2. The average molecular weight is 404 g/mol. The van der Waals surface area contributed by atoms with E-state index in [0.717, 1.165) is 22.6 Å². The Kier molecular flexibility index (Phi) is 5.68. The Morgan fingerprint density at radius 2 is 1.83 bits per heavy atom. The van der Waals surface area contributed by atoms with Gasteiger partial charge in [0.1, 0.15) is 11.8 Å². The molecule has 1 N–H and O–H groups in total. The van der Waals surface area contributed by atoms with E-state index in [2.05, 4.69) is 16.3 Å². The van der Waals surface area contributed by atoms with E-state index in [1.54, 1.807) is 7.11 Å². The van der Waals surface area contributed by atoms with Crippen molar-refractivity contribution in [2.45, 2.75) is 18.4 Å². The molecule has 0 spiro atoms. The Balaban J connectivity index is 1.43. The van der Waals surface area contributed by atoms with E-state index in [9.17, 15) is 14.9 Å². The fourth-order valence-corrected chi connectivity index (χ4v) is 4.21. The van der Waals surface area contributed by atoms with Crippen molar-refractivity contribution in [1.29, 1.82) is 5.26 Å². The summed E-state index contributed by atoms with van der Waals surface area (Å²) in [6.07, 6.45) is 0.169. The Morgan fingerprint density at radius 3 is 2.50 bits per heavy atom. The lowest BCUT2D eigenvalue weighted by molar-refractivity contribution is -0.136. The molecule has 0 aliphatic carbocycles. The van der Waals surface area contributed by atoms with Crippen LogP contribution in [0.5, 0.6) is 5.75 Å². The van der Waals surface area contributed by atoms with Gasteiger partial charge in [-0.3, -0.25) is 14.5 Å². The van der Waals surface area contributed by atoms with E-state index in [0.29, 0.717) is 26.2 Å². The zero-order valence-electron chi connectivity index (χ0n) is 16.9. The summed E-state index contributed by atoms with van der Waals surface area (Å²) in [5, 5.41) is 12.6. The molecule has 2 aliphatic rings. The van der Waals surface area contributed by atoms with Crippen molar-refractivity contribution >= 4 is 17.5 Å². The molecular weight excluding hydrogens is 380 g/mol. The first-order valence-corrected chi connectivity index (χ1v) is 10.1. The smallest absolute Gasteiger partial charge is 0.230 e. The van der Waals surface area contributed by atoms with Crippen LogP contribution in [0.15, 0.2) is 48.5 Å². The van der Waals surface area contributed by atoms with Gasteiger partial charge in [0.2, 0.25) is 11.8 Å². The van der Waals surface area contributed by atoms with Gasteiger partial charge in [0.15, 0.2) is 0 Å². The first-order valence-electron chi connectivity index (χ1n) is 10.1. The molecule has 2 aromatic carbocycles. The third kappa shape index (κ3) is 3.87. The number of rotatable bonds is 4. The Hall–Kier alpha value is -3.37. The number of nitrogens with zero attached hydrogens (tertiary/aromatic N) is 3. The molecular formula is C23H24N4O3. The van der Waals surface area contributed by atoms with Gasteiger partial charge in [-0.05, 0) is 29.3 Å². The number of methoxy groups -OCH3 is 1. The van der Waals surface area contributed by atoms with Crippen LogP contribution in [0.3, 0.4) is 0 Å². The molecule has 0 bridgehead atoms. The molecule has 2 amide bonds.